The number of hydrogen-bond acceptors (Lipinski definition) is 2. The molecule has 0 saturated heterocycles. The molecule has 0 heterocycles. The molecule has 5 nitrogen and oxygen atoms in total. The highest BCUT2D eigenvalue weighted by Crippen LogP contribution is 1.43. The van der Waals surface area contributed by atoms with E-state index in [1.54, 1.807) is 0 Å². The van der Waals surface area contributed by atoms with E-state index in [2.05, 4.69) is 5.73 Å². The summed E-state index contributed by atoms with van der Waals surface area (Å²) < 4.78 is 0. The molecule has 0 aliphatic carbocycles. The molecule has 5 heteroatoms. The lowest BCUT2D eigenvalue weighted by molar-refractivity contribution is -0.135. The first-order valence-corrected chi connectivity index (χ1v) is 1.19. The van der Waals surface area contributed by atoms with Crippen LogP contribution < -0.4 is 5.73 Å². The van der Waals surface area contributed by atoms with Crippen LogP contribution in [-0.2, 0) is 4.79 Å². The number of carboxylic acids is 1. The average molecular weight is 127 g/mol. The van der Waals surface area contributed by atoms with Crippen molar-refractivity contribution in [1.82, 2.24) is 0 Å². The van der Waals surface area contributed by atoms with Gasteiger partial charge in [-0.2, -0.15) is 0 Å². The maximum atomic E-state index is 9.24. The van der Waals surface area contributed by atoms with Crippen LogP contribution in [0.1, 0.15) is 7.43 Å². The number of nitrogens with two attached hydrogens (primary N) is 1. The summed E-state index contributed by atoms with van der Waals surface area (Å²) in [6.45, 7) is -0.278. The predicted molar refractivity (Wildman–Crippen MR) is 30.6 cm³/mol. The predicted octanol–water partition coefficient (Wildman–Crippen LogP) is -1.98. The smallest absolute Gasteiger partial charge is 0.317 e. The van der Waals surface area contributed by atoms with Crippen molar-refractivity contribution in [2.24, 2.45) is 5.73 Å². The Morgan fingerprint density at radius 1 is 1.50 bits per heavy atom. The molecule has 0 aliphatic rings. The van der Waals surface area contributed by atoms with E-state index in [0.29, 0.717) is 0 Å². The Kier molecular flexibility index (Phi) is 53.5. The first-order chi connectivity index (χ1) is 2.27. The van der Waals surface area contributed by atoms with Crippen LogP contribution in [0.15, 0.2) is 0 Å². The molecule has 0 fully saturated rings. The highest BCUT2D eigenvalue weighted by Gasteiger charge is 1.81. The van der Waals surface area contributed by atoms with Crippen molar-refractivity contribution >= 4 is 5.97 Å². The van der Waals surface area contributed by atoms with Gasteiger partial charge in [-0.05, 0) is 0 Å². The lowest BCUT2D eigenvalue weighted by Crippen LogP contribution is -2.10. The summed E-state index contributed by atoms with van der Waals surface area (Å²) in [5, 5.41) is 7.60. The van der Waals surface area contributed by atoms with E-state index in [-0.39, 0.29) is 24.9 Å². The minimum absolute atomic E-state index is 0. The molecule has 0 spiro atoms. The normalized spacial score (nSPS) is 4.62. The topological polar surface area (TPSA) is 126 Å². The highest BCUT2D eigenvalue weighted by atomic mass is 16.4. The zero-order chi connectivity index (χ0) is 4.28. The van der Waals surface area contributed by atoms with E-state index in [9.17, 15) is 4.79 Å². The van der Waals surface area contributed by atoms with Crippen LogP contribution >= 0.6 is 0 Å². The van der Waals surface area contributed by atoms with Gasteiger partial charge in [-0.3, -0.25) is 4.79 Å². The van der Waals surface area contributed by atoms with Crippen LogP contribution in [0, 0.1) is 0 Å². The van der Waals surface area contributed by atoms with Gasteiger partial charge in [-0.15, -0.1) is 0 Å². The molecule has 54 valence electrons. The second kappa shape index (κ2) is 16.2. The Morgan fingerprint density at radius 3 is 1.62 bits per heavy atom. The zero-order valence-electron chi connectivity index (χ0n) is 3.64. The van der Waals surface area contributed by atoms with Crippen LogP contribution in [0.4, 0.5) is 0 Å². The molecule has 0 aromatic rings. The van der Waals surface area contributed by atoms with Gasteiger partial charge >= 0.3 is 5.97 Å². The monoisotopic (exact) mass is 127 g/mol. The van der Waals surface area contributed by atoms with Crippen molar-refractivity contribution in [2.45, 2.75) is 7.43 Å². The zero-order valence-corrected chi connectivity index (χ0v) is 3.64. The van der Waals surface area contributed by atoms with Crippen molar-refractivity contribution in [2.75, 3.05) is 6.54 Å². The van der Waals surface area contributed by atoms with Crippen LogP contribution in [-0.4, -0.2) is 28.6 Å². The Labute approximate surface area is 47.7 Å². The number of hydrogen-bond donors (Lipinski definition) is 2. The highest BCUT2D eigenvalue weighted by molar-refractivity contribution is 5.68. The van der Waals surface area contributed by atoms with Crippen molar-refractivity contribution in [3.05, 3.63) is 0 Å². The number of carboxylic acid groups (broad SMARTS) is 1. The van der Waals surface area contributed by atoms with E-state index in [0.717, 1.165) is 0 Å². The Bertz CT molecular complexity index is 46.5. The van der Waals surface area contributed by atoms with Crippen molar-refractivity contribution in [3.8, 4) is 0 Å². The number of rotatable bonds is 1. The van der Waals surface area contributed by atoms with E-state index in [4.69, 9.17) is 5.11 Å². The number of aliphatic carboxylic acids is 1. The summed E-state index contributed by atoms with van der Waals surface area (Å²) in [6.07, 6.45) is 0. The SMILES string of the molecule is C.NCC(=O)O.O.O. The summed E-state index contributed by atoms with van der Waals surface area (Å²) in [5.74, 6) is -0.968. The summed E-state index contributed by atoms with van der Waals surface area (Å²) >= 11 is 0. The summed E-state index contributed by atoms with van der Waals surface area (Å²) in [6, 6.07) is 0. The average Bonchev–Trinajstić information content (AvgIpc) is 1.38. The second-order valence-electron chi connectivity index (χ2n) is 0.598. The van der Waals surface area contributed by atoms with Gasteiger partial charge in [0.05, 0.1) is 6.54 Å². The van der Waals surface area contributed by atoms with Crippen molar-refractivity contribution in [3.63, 3.8) is 0 Å². The first kappa shape index (κ1) is 26.4. The van der Waals surface area contributed by atoms with E-state index >= 15 is 0 Å². The molecule has 0 aromatic carbocycles. The Balaban J connectivity index is -0.0000000267. The fourth-order valence-corrected chi connectivity index (χ4v) is 0. The fraction of sp³-hybridized carbons (Fsp3) is 0.667. The molecule has 8 heavy (non-hydrogen) atoms. The van der Waals surface area contributed by atoms with Crippen LogP contribution in [0.3, 0.4) is 0 Å². The maximum Gasteiger partial charge on any atom is 0.317 e. The van der Waals surface area contributed by atoms with Crippen LogP contribution in [0.5, 0.6) is 0 Å². The summed E-state index contributed by atoms with van der Waals surface area (Å²) in [7, 11) is 0. The lowest BCUT2D eigenvalue weighted by Gasteiger charge is -1.73. The molecule has 0 aromatic heterocycles. The third-order valence-electron chi connectivity index (χ3n) is 0.175. The summed E-state index contributed by atoms with van der Waals surface area (Å²) in [4.78, 5) is 9.24. The van der Waals surface area contributed by atoms with E-state index < -0.39 is 5.97 Å². The van der Waals surface area contributed by atoms with Gasteiger partial charge in [0.1, 0.15) is 0 Å². The molecular weight excluding hydrogens is 114 g/mol. The van der Waals surface area contributed by atoms with Gasteiger partial charge in [-0.1, -0.05) is 7.43 Å². The van der Waals surface area contributed by atoms with E-state index in [1.807, 2.05) is 0 Å². The Morgan fingerprint density at radius 2 is 1.62 bits per heavy atom. The third kappa shape index (κ3) is 55.5. The molecule has 0 atom stereocenters. The molecule has 0 radical (unpaired) electrons. The maximum absolute atomic E-state index is 9.24. The minimum atomic E-state index is -0.968. The standard InChI is InChI=1S/C2H5NO2.CH4.2H2O/c3-1-2(4)5;;;/h1,3H2,(H,4,5);1H4;2*1H2. The van der Waals surface area contributed by atoms with Gasteiger partial charge < -0.3 is 21.8 Å². The molecule has 0 bridgehead atoms. The molecule has 0 amide bonds. The van der Waals surface area contributed by atoms with Gasteiger partial charge in [0.25, 0.3) is 0 Å². The summed E-state index contributed by atoms with van der Waals surface area (Å²) in [5.41, 5.74) is 4.57. The molecule has 0 unspecified atom stereocenters. The Hall–Kier alpha value is -0.650. The molecule has 0 aliphatic heterocycles. The van der Waals surface area contributed by atoms with Crippen LogP contribution in [0.2, 0.25) is 0 Å². The quantitative estimate of drug-likeness (QED) is 0.423. The fourth-order valence-electron chi connectivity index (χ4n) is 0. The van der Waals surface area contributed by atoms with Crippen molar-refractivity contribution < 1.29 is 20.9 Å². The van der Waals surface area contributed by atoms with Gasteiger partial charge in [0, 0.05) is 0 Å². The molecule has 0 rings (SSSR count). The second-order valence-corrected chi connectivity index (χ2v) is 0.598. The van der Waals surface area contributed by atoms with E-state index in [1.165, 1.54) is 0 Å². The first-order valence-electron chi connectivity index (χ1n) is 1.19. The minimum Gasteiger partial charge on any atom is -0.480 e. The largest absolute Gasteiger partial charge is 0.480 e. The third-order valence-corrected chi connectivity index (χ3v) is 0.175. The van der Waals surface area contributed by atoms with Crippen molar-refractivity contribution in [1.29, 1.82) is 0 Å². The van der Waals surface area contributed by atoms with Gasteiger partial charge in [0.15, 0.2) is 0 Å². The van der Waals surface area contributed by atoms with Gasteiger partial charge in [0.2, 0.25) is 0 Å². The molecule has 0 saturated carbocycles. The number of carbonyl (C=O) groups is 1. The van der Waals surface area contributed by atoms with Gasteiger partial charge in [-0.25, -0.2) is 0 Å². The van der Waals surface area contributed by atoms with Crippen LogP contribution in [0.25, 0.3) is 0 Å². The molecular formula is C3H13NO4. The lowest BCUT2D eigenvalue weighted by atomic mass is 10.7. The molecule has 7 N–H and O–H groups in total.